The molecule has 0 aromatic carbocycles. The molecule has 1 aliphatic rings. The maximum Gasteiger partial charge on any atom is 0.246 e. The first-order valence-corrected chi connectivity index (χ1v) is 6.94. The number of nitrogens with zero attached hydrogens (tertiary/aromatic N) is 1. The largest absolute Gasteiger partial charge is 0.396 e. The van der Waals surface area contributed by atoms with Crippen LogP contribution in [-0.2, 0) is 4.79 Å². The minimum Gasteiger partial charge on any atom is -0.396 e. The smallest absolute Gasteiger partial charge is 0.246 e. The molecular weight excluding hydrogens is 233 g/mol. The summed E-state index contributed by atoms with van der Waals surface area (Å²) in [6.45, 7) is 1.08. The third-order valence-corrected chi connectivity index (χ3v) is 3.23. The maximum atomic E-state index is 12.9. The second-order valence-electron chi connectivity index (χ2n) is 4.85. The van der Waals surface area contributed by atoms with Gasteiger partial charge in [-0.3, -0.25) is 4.79 Å². The van der Waals surface area contributed by atoms with Crippen molar-refractivity contribution in [3.63, 3.8) is 0 Å². The average Bonchev–Trinajstić information content (AvgIpc) is 2.79. The molecule has 0 aliphatic carbocycles. The Morgan fingerprint density at radius 2 is 2.00 bits per heavy atom. The van der Waals surface area contributed by atoms with Crippen LogP contribution >= 0.6 is 0 Å². The van der Waals surface area contributed by atoms with E-state index in [-0.39, 0.29) is 19.1 Å². The van der Waals surface area contributed by atoms with Crippen LogP contribution in [0.3, 0.4) is 0 Å². The van der Waals surface area contributed by atoms with Gasteiger partial charge in [-0.2, -0.15) is 0 Å². The normalized spacial score (nSPS) is 19.9. The van der Waals surface area contributed by atoms with Gasteiger partial charge >= 0.3 is 0 Å². The Labute approximate surface area is 109 Å². The van der Waals surface area contributed by atoms with Crippen LogP contribution in [-0.4, -0.2) is 41.8 Å². The molecule has 1 heterocycles. The van der Waals surface area contributed by atoms with E-state index < -0.39 is 6.17 Å². The third kappa shape index (κ3) is 6.15. The first-order valence-electron chi connectivity index (χ1n) is 6.94. The lowest BCUT2D eigenvalue weighted by atomic mass is 10.1. The minimum absolute atomic E-state index is 0.0598. The van der Waals surface area contributed by atoms with E-state index in [0.717, 1.165) is 38.5 Å². The Balaban J connectivity index is 2.01. The van der Waals surface area contributed by atoms with Gasteiger partial charge in [0.15, 0.2) is 0 Å². The van der Waals surface area contributed by atoms with Crippen molar-refractivity contribution in [2.75, 3.05) is 19.7 Å². The van der Waals surface area contributed by atoms with Gasteiger partial charge in [-0.1, -0.05) is 25.3 Å². The van der Waals surface area contributed by atoms with E-state index >= 15 is 0 Å². The van der Waals surface area contributed by atoms with Crippen molar-refractivity contribution in [3.05, 3.63) is 12.2 Å². The topological polar surface area (TPSA) is 40.5 Å². The fourth-order valence-corrected chi connectivity index (χ4v) is 2.11. The Bertz CT molecular complexity index is 269. The average molecular weight is 257 g/mol. The van der Waals surface area contributed by atoms with E-state index in [0.29, 0.717) is 13.0 Å². The monoisotopic (exact) mass is 257 g/mol. The fourth-order valence-electron chi connectivity index (χ4n) is 2.11. The highest BCUT2D eigenvalue weighted by atomic mass is 19.1. The number of alkyl halides is 1. The zero-order valence-corrected chi connectivity index (χ0v) is 11.0. The fraction of sp³-hybridized carbons (Fsp3) is 0.786. The summed E-state index contributed by atoms with van der Waals surface area (Å²) in [6, 6.07) is 0. The molecule has 18 heavy (non-hydrogen) atoms. The Hall–Kier alpha value is -0.900. The van der Waals surface area contributed by atoms with E-state index in [9.17, 15) is 9.18 Å². The molecule has 1 fully saturated rings. The summed E-state index contributed by atoms with van der Waals surface area (Å²) in [5, 5.41) is 8.61. The number of carbonyl (C=O) groups is 1. The lowest BCUT2D eigenvalue weighted by molar-refractivity contribution is -0.125. The number of carbonyl (C=O) groups excluding carboxylic acids is 1. The van der Waals surface area contributed by atoms with Gasteiger partial charge in [-0.05, 0) is 31.8 Å². The predicted molar refractivity (Wildman–Crippen MR) is 70.0 cm³/mol. The molecule has 104 valence electrons. The van der Waals surface area contributed by atoms with Crippen molar-refractivity contribution >= 4 is 5.91 Å². The van der Waals surface area contributed by atoms with E-state index in [1.54, 1.807) is 11.0 Å². The quantitative estimate of drug-likeness (QED) is 0.536. The molecule has 3 nitrogen and oxygen atoms in total. The van der Waals surface area contributed by atoms with Gasteiger partial charge in [0.2, 0.25) is 5.91 Å². The molecule has 1 N–H and O–H groups in total. The van der Waals surface area contributed by atoms with Crippen LogP contribution in [0.2, 0.25) is 0 Å². The van der Waals surface area contributed by atoms with Crippen molar-refractivity contribution in [2.24, 2.45) is 0 Å². The summed E-state index contributed by atoms with van der Waals surface area (Å²) in [7, 11) is 0. The zero-order chi connectivity index (χ0) is 13.2. The lowest BCUT2D eigenvalue weighted by Gasteiger charge is -2.11. The van der Waals surface area contributed by atoms with E-state index in [4.69, 9.17) is 5.11 Å². The van der Waals surface area contributed by atoms with Crippen LogP contribution in [0.5, 0.6) is 0 Å². The molecule has 0 saturated carbocycles. The van der Waals surface area contributed by atoms with Gasteiger partial charge in [0.1, 0.15) is 6.17 Å². The second-order valence-corrected chi connectivity index (χ2v) is 4.85. The van der Waals surface area contributed by atoms with Crippen molar-refractivity contribution in [1.82, 2.24) is 4.90 Å². The summed E-state index contributed by atoms with van der Waals surface area (Å²) in [4.78, 5) is 13.2. The van der Waals surface area contributed by atoms with E-state index in [2.05, 4.69) is 0 Å². The molecule has 1 rings (SSSR count). The highest BCUT2D eigenvalue weighted by Crippen LogP contribution is 2.12. The number of rotatable bonds is 8. The van der Waals surface area contributed by atoms with Gasteiger partial charge in [-0.15, -0.1) is 0 Å². The molecule has 4 heteroatoms. The molecule has 0 aromatic rings. The summed E-state index contributed by atoms with van der Waals surface area (Å²) in [6.07, 6.45) is 9.30. The standard InChI is InChI=1S/C14H24FNO2/c15-13-9-10-16(12-13)14(18)8-6-4-2-1-3-5-7-11-17/h6,8,13,17H,1-5,7,9-12H2/b8-6+/t13-/m1/s1. The minimum atomic E-state index is -0.839. The molecule has 0 radical (unpaired) electrons. The van der Waals surface area contributed by atoms with Gasteiger partial charge in [-0.25, -0.2) is 4.39 Å². The number of hydrogen-bond acceptors (Lipinski definition) is 2. The summed E-state index contributed by atoms with van der Waals surface area (Å²) in [5.74, 6) is -0.0598. The summed E-state index contributed by atoms with van der Waals surface area (Å²) < 4.78 is 12.9. The van der Waals surface area contributed by atoms with Crippen LogP contribution in [0.15, 0.2) is 12.2 Å². The van der Waals surface area contributed by atoms with E-state index in [1.807, 2.05) is 6.08 Å². The molecule has 1 aliphatic heterocycles. The summed E-state index contributed by atoms with van der Waals surface area (Å²) in [5.41, 5.74) is 0. The Morgan fingerprint density at radius 3 is 2.67 bits per heavy atom. The highest BCUT2D eigenvalue weighted by molar-refractivity contribution is 5.87. The van der Waals surface area contributed by atoms with Crippen LogP contribution in [0.25, 0.3) is 0 Å². The first-order chi connectivity index (χ1) is 8.74. The molecule has 1 amide bonds. The Morgan fingerprint density at radius 1 is 1.28 bits per heavy atom. The third-order valence-electron chi connectivity index (χ3n) is 3.23. The molecular formula is C14H24FNO2. The molecule has 0 unspecified atom stereocenters. The van der Waals surface area contributed by atoms with Crippen LogP contribution < -0.4 is 0 Å². The highest BCUT2D eigenvalue weighted by Gasteiger charge is 2.23. The van der Waals surface area contributed by atoms with Gasteiger partial charge in [0.05, 0.1) is 6.54 Å². The molecule has 0 spiro atoms. The molecule has 1 atom stereocenters. The number of aliphatic hydroxyl groups is 1. The van der Waals surface area contributed by atoms with Crippen molar-refractivity contribution in [1.29, 1.82) is 0 Å². The van der Waals surface area contributed by atoms with E-state index in [1.165, 1.54) is 0 Å². The number of likely N-dealkylation sites (tertiary alicyclic amines) is 1. The number of aliphatic hydroxyl groups excluding tert-OH is 1. The second kappa shape index (κ2) is 9.09. The maximum absolute atomic E-state index is 12.9. The van der Waals surface area contributed by atoms with Crippen molar-refractivity contribution in [2.45, 2.75) is 51.1 Å². The van der Waals surface area contributed by atoms with Crippen LogP contribution in [0.4, 0.5) is 4.39 Å². The molecule has 1 saturated heterocycles. The predicted octanol–water partition coefficient (Wildman–Crippen LogP) is 2.45. The molecule has 0 bridgehead atoms. The van der Waals surface area contributed by atoms with Gasteiger partial charge in [0.25, 0.3) is 0 Å². The Kier molecular flexibility index (Phi) is 7.65. The number of unbranched alkanes of at least 4 members (excludes halogenated alkanes) is 5. The number of hydrogen-bond donors (Lipinski definition) is 1. The van der Waals surface area contributed by atoms with Crippen molar-refractivity contribution < 1.29 is 14.3 Å². The van der Waals surface area contributed by atoms with Gasteiger partial charge < -0.3 is 10.0 Å². The molecule has 0 aromatic heterocycles. The van der Waals surface area contributed by atoms with Crippen molar-refractivity contribution in [3.8, 4) is 0 Å². The number of amides is 1. The zero-order valence-electron chi connectivity index (χ0n) is 11.0. The van der Waals surface area contributed by atoms with Crippen LogP contribution in [0.1, 0.15) is 44.9 Å². The number of allylic oxidation sites excluding steroid dienone is 1. The SMILES string of the molecule is O=C(/C=C/CCCCCCCO)N1CC[C@@H](F)C1. The summed E-state index contributed by atoms with van der Waals surface area (Å²) >= 11 is 0. The first kappa shape index (κ1) is 15.2. The van der Waals surface area contributed by atoms with Crippen LogP contribution in [0, 0.1) is 0 Å². The lowest BCUT2D eigenvalue weighted by Crippen LogP contribution is -2.27. The number of halogens is 1. The van der Waals surface area contributed by atoms with Gasteiger partial charge in [0, 0.05) is 13.2 Å².